The third kappa shape index (κ3) is 14.6. The third-order valence-corrected chi connectivity index (χ3v) is 24.2. The van der Waals surface area contributed by atoms with Gasteiger partial charge in [0.15, 0.2) is 0 Å². The molecule has 9 aromatic carbocycles. The summed E-state index contributed by atoms with van der Waals surface area (Å²) in [6.45, 7) is 7.96. The number of piperidine rings is 4. The third-order valence-electron chi connectivity index (χ3n) is 24.2. The molecule has 9 heterocycles. The summed E-state index contributed by atoms with van der Waals surface area (Å²) in [5.74, 6) is 2.29. The van der Waals surface area contributed by atoms with E-state index in [4.69, 9.17) is 37.0 Å². The fraction of sp³-hybridized carbons (Fsp3) is 0.281. The van der Waals surface area contributed by atoms with Gasteiger partial charge in [-0.3, -0.25) is 28.8 Å². The van der Waals surface area contributed by atoms with Gasteiger partial charge in [-0.05, 0) is 201 Å². The van der Waals surface area contributed by atoms with E-state index in [1.807, 2.05) is 135 Å². The van der Waals surface area contributed by atoms with E-state index in [9.17, 15) is 28.8 Å². The van der Waals surface area contributed by atoms with E-state index < -0.39 is 14.1 Å². The van der Waals surface area contributed by atoms with Gasteiger partial charge in [-0.15, -0.1) is 0 Å². The van der Waals surface area contributed by atoms with Crippen LogP contribution in [0.5, 0.6) is 17.2 Å². The molecule has 4 fully saturated rings. The zero-order valence-electron chi connectivity index (χ0n) is 62.6. The molecule has 0 atom stereocenters. The highest BCUT2D eigenvalue weighted by molar-refractivity contribution is 6.70. The number of nitrogens with one attached hydrogen (secondary N) is 4. The van der Waals surface area contributed by atoms with Crippen molar-refractivity contribution in [2.75, 3.05) is 59.0 Å². The van der Waals surface area contributed by atoms with Crippen molar-refractivity contribution in [3.05, 3.63) is 272 Å². The lowest BCUT2D eigenvalue weighted by Crippen LogP contribution is -2.55. The van der Waals surface area contributed by atoms with Crippen LogP contribution in [-0.2, 0) is 36.4 Å². The van der Waals surface area contributed by atoms with Crippen molar-refractivity contribution in [2.24, 2.45) is 22.9 Å². The molecule has 7 aliphatic heterocycles. The normalized spacial score (nSPS) is 17.2. The molecule has 0 radical (unpaired) electrons. The molecule has 0 saturated carbocycles. The standard InChI is InChI=1S/C45H45BN6O4.C44H45BN6O5/c47-26-28-4-1-6-32(20-28)30-12-16-51(17-13-30)44(54)37-9-3-8-34-23-42-39(25-38(34)37)43(53)50-46(56-42)36-11-10-35-22-41(49-40(35)24-36)45(55)52-18-14-31(15-19-52)33-7-2-5-29(21-33)27-48;46-25-28-3-1-5-32(21-28)30-13-17-50(18-14-30)40(52)12-8-31-4-2-6-39-41(31)42(53)49-45(56-39)34-9-10-36-33(23-34)24-37(48-36)43(54)51-19-15-44(16-20-51)27-55-38-11-7-29(26-47)22-35(38)44/h1-11,20-25,30-31,49H,12-19,26-27,47-48H2,(H,50,53);1-12,21-24,30,48H,13-20,25-27,46-47H2,(H,49,53)/b;12-8+. The molecule has 23 heteroatoms. The van der Waals surface area contributed by atoms with Gasteiger partial charge >= 0.3 is 14.1 Å². The molecule has 4 saturated heterocycles. The first-order chi connectivity index (χ1) is 54.6. The average molecular weight is 1490 g/mol. The number of nitrogens with zero attached hydrogens (tertiary/aromatic N) is 4. The summed E-state index contributed by atoms with van der Waals surface area (Å²) in [5.41, 5.74) is 39.0. The Kier molecular flexibility index (Phi) is 20.4. The quantitative estimate of drug-likeness (QED) is 0.0372. The number of ether oxygens (including phenoxy) is 1. The molecule has 2 aromatic heterocycles. The molecule has 21 nitrogen and oxygen atoms in total. The summed E-state index contributed by atoms with van der Waals surface area (Å²) in [4.78, 5) is 95.9. The van der Waals surface area contributed by atoms with Crippen molar-refractivity contribution in [3.8, 4) is 17.2 Å². The van der Waals surface area contributed by atoms with Crippen LogP contribution in [0, 0.1) is 0 Å². The van der Waals surface area contributed by atoms with Crippen LogP contribution in [-0.4, -0.2) is 138 Å². The molecule has 1 spiro atoms. The van der Waals surface area contributed by atoms with E-state index >= 15 is 0 Å². The van der Waals surface area contributed by atoms with Crippen LogP contribution in [0.3, 0.4) is 0 Å². The van der Waals surface area contributed by atoms with Crippen LogP contribution in [0.2, 0.25) is 0 Å². The predicted molar refractivity (Wildman–Crippen MR) is 437 cm³/mol. The Hall–Kier alpha value is -11.8. The number of amides is 6. The number of hydrogen-bond donors (Lipinski definition) is 8. The predicted octanol–water partition coefficient (Wildman–Crippen LogP) is 10.4. The SMILES string of the molecule is NCc1cccc(C2CCN(C(=O)/C=C/c3cccc4c3C(=O)NB(c3ccc5[nH]c(C(=O)N6CCC7(CC6)COc6ccc(CN)cc67)cc5c3)O4)CC2)c1.NCc1cccc(C2CCN(C(=O)c3cc4ccc(B5NC(=O)c6cc7c(C(=O)N8CCC(c9cccc(CN)c9)CC8)cccc7cc6O5)cc4[nH]3)CC2)c1. The topological polar surface area (TPSA) is 303 Å². The molecule has 6 amide bonds. The summed E-state index contributed by atoms with van der Waals surface area (Å²) in [5, 5.41) is 9.30. The minimum absolute atomic E-state index is 0.0177. The molecule has 12 N–H and O–H groups in total. The second-order valence-electron chi connectivity index (χ2n) is 30.9. The Morgan fingerprint density at radius 1 is 0.455 bits per heavy atom. The lowest BCUT2D eigenvalue weighted by Gasteiger charge is -2.38. The second kappa shape index (κ2) is 31.2. The molecule has 112 heavy (non-hydrogen) atoms. The van der Waals surface area contributed by atoms with Crippen LogP contribution in [0.15, 0.2) is 194 Å². The van der Waals surface area contributed by atoms with E-state index in [2.05, 4.69) is 81.1 Å². The summed E-state index contributed by atoms with van der Waals surface area (Å²) in [6.07, 6.45) is 10.2. The fourth-order valence-corrected chi connectivity index (χ4v) is 17.7. The Bertz CT molecular complexity index is 5530. The molecule has 11 aromatic rings. The number of carbonyl (C=O) groups excluding carboxylic acids is 6. The Morgan fingerprint density at radius 2 is 0.982 bits per heavy atom. The van der Waals surface area contributed by atoms with Gasteiger partial charge in [0.25, 0.3) is 17.7 Å². The van der Waals surface area contributed by atoms with E-state index in [0.29, 0.717) is 148 Å². The number of fused-ring (bicyclic) bond motifs is 7. The number of aromatic nitrogens is 2. The average Bonchev–Trinajstić information content (AvgIpc) is 1.34. The molecule has 7 aliphatic rings. The maximum absolute atomic E-state index is 13.9. The molecule has 18 rings (SSSR count). The number of aromatic amines is 2. The first-order valence-corrected chi connectivity index (χ1v) is 39.2. The van der Waals surface area contributed by atoms with Crippen LogP contribution in [0.4, 0.5) is 0 Å². The van der Waals surface area contributed by atoms with Gasteiger partial charge in [0, 0.05) is 118 Å². The molecular weight excluding hydrogens is 1400 g/mol. The summed E-state index contributed by atoms with van der Waals surface area (Å²) >= 11 is 0. The molecule has 0 unspecified atom stereocenters. The smallest absolute Gasteiger partial charge is 0.519 e. The van der Waals surface area contributed by atoms with Crippen molar-refractivity contribution in [3.63, 3.8) is 0 Å². The highest BCUT2D eigenvalue weighted by Gasteiger charge is 2.45. The minimum atomic E-state index is -0.729. The largest absolute Gasteiger partial charge is 0.537 e. The van der Waals surface area contributed by atoms with Gasteiger partial charge in [-0.25, -0.2) is 0 Å². The number of rotatable bonds is 14. The maximum atomic E-state index is 13.9. The summed E-state index contributed by atoms with van der Waals surface area (Å²) in [6, 6.07) is 61.5. The van der Waals surface area contributed by atoms with Crippen molar-refractivity contribution in [1.29, 1.82) is 0 Å². The van der Waals surface area contributed by atoms with Gasteiger partial charge in [0.2, 0.25) is 17.7 Å². The number of hydrogen-bond acceptors (Lipinski definition) is 13. The molecule has 0 aliphatic carbocycles. The van der Waals surface area contributed by atoms with E-state index in [1.54, 1.807) is 24.3 Å². The van der Waals surface area contributed by atoms with E-state index in [-0.39, 0.29) is 40.9 Å². The summed E-state index contributed by atoms with van der Waals surface area (Å²) < 4.78 is 18.8. The number of likely N-dealkylation sites (tertiary alicyclic amines) is 4. The molecule has 566 valence electrons. The number of benzene rings is 9. The van der Waals surface area contributed by atoms with Crippen molar-refractivity contribution in [1.82, 2.24) is 40.0 Å². The Labute approximate surface area is 650 Å². The molecular formula is C89H90B2N12O9. The van der Waals surface area contributed by atoms with E-state index in [0.717, 1.165) is 123 Å². The van der Waals surface area contributed by atoms with Crippen molar-refractivity contribution >= 4 is 99.1 Å². The summed E-state index contributed by atoms with van der Waals surface area (Å²) in [7, 11) is -1.46. The Morgan fingerprint density at radius 3 is 1.61 bits per heavy atom. The van der Waals surface area contributed by atoms with Gasteiger partial charge in [-0.2, -0.15) is 0 Å². The fourth-order valence-electron chi connectivity index (χ4n) is 17.7. The van der Waals surface area contributed by atoms with Crippen molar-refractivity contribution < 1.29 is 42.8 Å². The van der Waals surface area contributed by atoms with Gasteiger partial charge in [0.1, 0.15) is 28.6 Å². The zero-order valence-corrected chi connectivity index (χ0v) is 62.6. The van der Waals surface area contributed by atoms with Crippen LogP contribution < -0.4 is 58.4 Å². The number of H-pyrrole nitrogens is 2. The highest BCUT2D eigenvalue weighted by atomic mass is 16.5. The number of nitrogens with two attached hydrogens (primary N) is 4. The maximum Gasteiger partial charge on any atom is 0.519 e. The van der Waals surface area contributed by atoms with E-state index in [1.165, 1.54) is 22.3 Å². The zero-order chi connectivity index (χ0) is 76.7. The van der Waals surface area contributed by atoms with Crippen molar-refractivity contribution in [2.45, 2.75) is 101 Å². The minimum Gasteiger partial charge on any atom is -0.537 e. The monoisotopic (exact) mass is 1490 g/mol. The van der Waals surface area contributed by atoms with Crippen LogP contribution in [0.25, 0.3) is 38.7 Å². The first-order valence-electron chi connectivity index (χ1n) is 39.2. The van der Waals surface area contributed by atoms with Gasteiger partial charge < -0.3 is 77.0 Å². The number of carbonyl (C=O) groups is 6. The lowest BCUT2D eigenvalue weighted by molar-refractivity contribution is -0.127. The van der Waals surface area contributed by atoms with Gasteiger partial charge in [-0.1, -0.05) is 133 Å². The second-order valence-corrected chi connectivity index (χ2v) is 30.9. The lowest BCUT2D eigenvalue weighted by atomic mass is 9.71. The first kappa shape index (κ1) is 73.1. The highest BCUT2D eigenvalue weighted by Crippen LogP contribution is 2.47. The van der Waals surface area contributed by atoms with Gasteiger partial charge in [0.05, 0.1) is 17.7 Å². The Balaban J connectivity index is 0.000000163. The molecule has 0 bridgehead atoms. The van der Waals surface area contributed by atoms with Crippen LogP contribution >= 0.6 is 0 Å². The van der Waals surface area contributed by atoms with Crippen LogP contribution in [0.1, 0.15) is 171 Å².